The van der Waals surface area contributed by atoms with Crippen LogP contribution in [-0.4, -0.2) is 15.9 Å². The molecular formula is C27H31N3O2. The van der Waals surface area contributed by atoms with Crippen LogP contribution in [0.1, 0.15) is 68.2 Å². The van der Waals surface area contributed by atoms with Crippen LogP contribution in [0.4, 0.5) is 0 Å². The van der Waals surface area contributed by atoms with Crippen molar-refractivity contribution in [1.29, 1.82) is 0 Å². The Labute approximate surface area is 188 Å². The van der Waals surface area contributed by atoms with Crippen molar-refractivity contribution in [3.63, 3.8) is 0 Å². The number of carbonyl (C=O) groups excluding carboxylic acids is 1. The van der Waals surface area contributed by atoms with Gasteiger partial charge in [0.15, 0.2) is 0 Å². The summed E-state index contributed by atoms with van der Waals surface area (Å²) in [5.74, 6) is 1.53. The van der Waals surface area contributed by atoms with Crippen LogP contribution in [0.15, 0.2) is 47.3 Å². The van der Waals surface area contributed by atoms with E-state index in [4.69, 9.17) is 0 Å². The standard InChI is InChI=1S/C27H31N3O2/c1-16-3-6-21(7-4-16)26-11-18-9-19(12-26)14-27(13-18,15-26)24(31)28-17(2)20-5-8-22-23(10-20)30-25(32)29-22/h3-8,10,17-19H,9,11-15H2,1-2H3,(H,28,31)(H2,29,30,32). The third kappa shape index (κ3) is 3.05. The second-order valence-electron chi connectivity index (χ2n) is 11.0. The third-order valence-electron chi connectivity index (χ3n) is 8.59. The molecule has 4 aliphatic rings. The van der Waals surface area contributed by atoms with E-state index in [2.05, 4.69) is 46.5 Å². The molecular weight excluding hydrogens is 398 g/mol. The minimum atomic E-state index is -0.254. The smallest absolute Gasteiger partial charge is 0.323 e. The molecule has 3 atom stereocenters. The van der Waals surface area contributed by atoms with Crippen molar-refractivity contribution in [2.75, 3.05) is 0 Å². The van der Waals surface area contributed by atoms with Crippen molar-refractivity contribution in [2.45, 2.75) is 63.8 Å². The topological polar surface area (TPSA) is 77.8 Å². The van der Waals surface area contributed by atoms with E-state index in [0.29, 0.717) is 11.8 Å². The fraction of sp³-hybridized carbons (Fsp3) is 0.481. The number of fused-ring (bicyclic) bond motifs is 1. The van der Waals surface area contributed by atoms with Gasteiger partial charge in [-0.3, -0.25) is 4.79 Å². The summed E-state index contributed by atoms with van der Waals surface area (Å²) >= 11 is 0. The summed E-state index contributed by atoms with van der Waals surface area (Å²) in [5.41, 5.74) is 5.00. The molecule has 4 aliphatic carbocycles. The molecule has 3 aromatic rings. The monoisotopic (exact) mass is 429 g/mol. The van der Waals surface area contributed by atoms with Gasteiger partial charge in [-0.05, 0) is 92.9 Å². The molecule has 0 radical (unpaired) electrons. The first-order chi connectivity index (χ1) is 15.3. The van der Waals surface area contributed by atoms with E-state index in [0.717, 1.165) is 35.9 Å². The van der Waals surface area contributed by atoms with Gasteiger partial charge in [-0.25, -0.2) is 4.79 Å². The number of benzene rings is 2. The molecule has 4 fully saturated rings. The second-order valence-corrected chi connectivity index (χ2v) is 11.0. The number of H-pyrrole nitrogens is 2. The van der Waals surface area contributed by atoms with Gasteiger partial charge < -0.3 is 15.3 Å². The van der Waals surface area contributed by atoms with Gasteiger partial charge in [0.25, 0.3) is 0 Å². The first-order valence-electron chi connectivity index (χ1n) is 11.9. The van der Waals surface area contributed by atoms with Gasteiger partial charge in [0, 0.05) is 0 Å². The third-order valence-corrected chi connectivity index (χ3v) is 8.59. The molecule has 3 unspecified atom stereocenters. The highest BCUT2D eigenvalue weighted by Crippen LogP contribution is 2.65. The Kier molecular flexibility index (Phi) is 4.24. The molecule has 166 valence electrons. The lowest BCUT2D eigenvalue weighted by Gasteiger charge is -2.61. The van der Waals surface area contributed by atoms with Crippen LogP contribution in [0.25, 0.3) is 11.0 Å². The fourth-order valence-electron chi connectivity index (χ4n) is 7.53. The number of aromatic amines is 2. The summed E-state index contributed by atoms with van der Waals surface area (Å²) in [5, 5.41) is 3.36. The molecule has 0 saturated heterocycles. The van der Waals surface area contributed by atoms with Crippen LogP contribution in [0.3, 0.4) is 0 Å². The molecule has 32 heavy (non-hydrogen) atoms. The number of carbonyl (C=O) groups is 1. The maximum absolute atomic E-state index is 13.8. The molecule has 1 heterocycles. The van der Waals surface area contributed by atoms with Gasteiger partial charge in [0.05, 0.1) is 22.5 Å². The molecule has 5 nitrogen and oxygen atoms in total. The lowest BCUT2D eigenvalue weighted by atomic mass is 9.42. The van der Waals surface area contributed by atoms with Crippen LogP contribution in [-0.2, 0) is 10.2 Å². The Morgan fingerprint density at radius 3 is 2.41 bits per heavy atom. The van der Waals surface area contributed by atoms with Gasteiger partial charge in [0.2, 0.25) is 5.91 Å². The van der Waals surface area contributed by atoms with Crippen molar-refractivity contribution < 1.29 is 4.79 Å². The van der Waals surface area contributed by atoms with Crippen LogP contribution >= 0.6 is 0 Å². The summed E-state index contributed by atoms with van der Waals surface area (Å²) in [6, 6.07) is 14.8. The summed E-state index contributed by atoms with van der Waals surface area (Å²) in [6.07, 6.45) is 6.78. The Balaban J connectivity index is 1.28. The molecule has 1 amide bonds. The van der Waals surface area contributed by atoms with E-state index >= 15 is 0 Å². The van der Waals surface area contributed by atoms with E-state index in [1.807, 2.05) is 25.1 Å². The second kappa shape index (κ2) is 6.84. The zero-order chi connectivity index (χ0) is 22.1. The highest BCUT2D eigenvalue weighted by atomic mass is 16.2. The van der Waals surface area contributed by atoms with E-state index < -0.39 is 0 Å². The van der Waals surface area contributed by atoms with Crippen molar-refractivity contribution in [3.8, 4) is 0 Å². The summed E-state index contributed by atoms with van der Waals surface area (Å²) in [4.78, 5) is 31.0. The van der Waals surface area contributed by atoms with E-state index in [1.54, 1.807) is 0 Å². The van der Waals surface area contributed by atoms with Gasteiger partial charge in [-0.15, -0.1) is 0 Å². The maximum atomic E-state index is 13.8. The molecule has 0 aliphatic heterocycles. The van der Waals surface area contributed by atoms with Crippen molar-refractivity contribution in [2.24, 2.45) is 17.3 Å². The van der Waals surface area contributed by atoms with Gasteiger partial charge in [-0.1, -0.05) is 35.9 Å². The quantitative estimate of drug-likeness (QED) is 0.553. The molecule has 5 heteroatoms. The predicted molar refractivity (Wildman–Crippen MR) is 125 cm³/mol. The van der Waals surface area contributed by atoms with Crippen LogP contribution in [0.2, 0.25) is 0 Å². The number of nitrogens with one attached hydrogen (secondary N) is 3. The molecule has 1 aromatic heterocycles. The largest absolute Gasteiger partial charge is 0.349 e. The minimum Gasteiger partial charge on any atom is -0.349 e. The Morgan fingerprint density at radius 2 is 1.69 bits per heavy atom. The zero-order valence-electron chi connectivity index (χ0n) is 18.8. The number of aromatic nitrogens is 2. The number of aryl methyl sites for hydroxylation is 1. The van der Waals surface area contributed by atoms with Gasteiger partial charge in [-0.2, -0.15) is 0 Å². The fourth-order valence-corrected chi connectivity index (χ4v) is 7.53. The number of hydrogen-bond acceptors (Lipinski definition) is 2. The predicted octanol–water partition coefficient (Wildman–Crippen LogP) is 4.88. The molecule has 4 bridgehead atoms. The number of imidazole rings is 1. The first kappa shape index (κ1) is 19.8. The van der Waals surface area contributed by atoms with E-state index in [9.17, 15) is 9.59 Å². The van der Waals surface area contributed by atoms with Crippen LogP contribution in [0.5, 0.6) is 0 Å². The van der Waals surface area contributed by atoms with Gasteiger partial charge in [0.1, 0.15) is 0 Å². The summed E-state index contributed by atoms with van der Waals surface area (Å²) in [6.45, 7) is 4.18. The van der Waals surface area contributed by atoms with Gasteiger partial charge >= 0.3 is 5.69 Å². The van der Waals surface area contributed by atoms with Crippen molar-refractivity contribution >= 4 is 16.9 Å². The summed E-state index contributed by atoms with van der Waals surface area (Å²) in [7, 11) is 0. The molecule has 2 aromatic carbocycles. The number of hydrogen-bond donors (Lipinski definition) is 3. The Morgan fingerprint density at radius 1 is 1.00 bits per heavy atom. The average molecular weight is 430 g/mol. The first-order valence-corrected chi connectivity index (χ1v) is 11.9. The Bertz CT molecular complexity index is 1240. The Hall–Kier alpha value is -2.82. The normalized spacial score (nSPS) is 31.7. The molecule has 3 N–H and O–H groups in total. The zero-order valence-corrected chi connectivity index (χ0v) is 18.8. The number of amides is 1. The lowest BCUT2D eigenvalue weighted by molar-refractivity contribution is -0.149. The minimum absolute atomic E-state index is 0.103. The molecule has 4 saturated carbocycles. The van der Waals surface area contributed by atoms with E-state index in [1.165, 1.54) is 30.4 Å². The summed E-state index contributed by atoms with van der Waals surface area (Å²) < 4.78 is 0. The van der Waals surface area contributed by atoms with Crippen molar-refractivity contribution in [3.05, 3.63) is 69.6 Å². The molecule has 7 rings (SSSR count). The van der Waals surface area contributed by atoms with Crippen LogP contribution < -0.4 is 11.0 Å². The van der Waals surface area contributed by atoms with Crippen molar-refractivity contribution in [1.82, 2.24) is 15.3 Å². The van der Waals surface area contributed by atoms with E-state index in [-0.39, 0.29) is 28.5 Å². The lowest BCUT2D eigenvalue weighted by Crippen LogP contribution is -2.59. The maximum Gasteiger partial charge on any atom is 0.323 e. The highest BCUT2D eigenvalue weighted by Gasteiger charge is 2.60. The average Bonchev–Trinajstić information content (AvgIpc) is 3.12. The van der Waals surface area contributed by atoms with Crippen LogP contribution in [0, 0.1) is 24.2 Å². The highest BCUT2D eigenvalue weighted by molar-refractivity contribution is 5.84. The number of rotatable bonds is 4. The molecule has 0 spiro atoms. The SMILES string of the molecule is Cc1ccc(C23CC4CC(CC(C(=O)NC(C)c5ccc6[nH]c(=O)[nH]c6c5)(C4)C2)C3)cc1.